The van der Waals surface area contributed by atoms with Crippen molar-refractivity contribution in [2.45, 2.75) is 9.92 Å². The van der Waals surface area contributed by atoms with Crippen molar-refractivity contribution < 1.29 is 9.85 Å². The van der Waals surface area contributed by atoms with Crippen LogP contribution in [0.2, 0.25) is 0 Å². The van der Waals surface area contributed by atoms with Crippen LogP contribution in [0.4, 0.5) is 11.4 Å². The second-order valence-electron chi connectivity index (χ2n) is 7.59. The zero-order valence-electron chi connectivity index (χ0n) is 18.2. The van der Waals surface area contributed by atoms with E-state index in [2.05, 4.69) is 61.2 Å². The second-order valence-corrected chi connectivity index (χ2v) is 9.70. The minimum Gasteiger partial charge on any atom is -0.277 e. The summed E-state index contributed by atoms with van der Waals surface area (Å²) in [5.74, 6) is 0. The first kappa shape index (κ1) is 23.7. The Labute approximate surface area is 220 Å². The van der Waals surface area contributed by atoms with Crippen molar-refractivity contribution in [2.24, 2.45) is 0 Å². The van der Waals surface area contributed by atoms with E-state index < -0.39 is 9.85 Å². The molecular weight excluding hydrogens is 595 g/mol. The lowest BCUT2D eigenvalue weighted by Crippen LogP contribution is -1.86. The molecule has 0 saturated heterocycles. The van der Waals surface area contributed by atoms with Crippen LogP contribution in [0.5, 0.6) is 0 Å². The molecule has 0 atom stereocenters. The number of halogens is 1. The lowest BCUT2D eigenvalue weighted by Gasteiger charge is -2.04. The third kappa shape index (κ3) is 4.72. The van der Waals surface area contributed by atoms with Crippen LogP contribution >= 0.6 is 34.4 Å². The van der Waals surface area contributed by atoms with Gasteiger partial charge in [-0.1, -0.05) is 48.2 Å². The van der Waals surface area contributed by atoms with Crippen LogP contribution in [-0.2, 0) is 0 Å². The quantitative estimate of drug-likeness (QED) is 0.126. The van der Waals surface area contributed by atoms with Gasteiger partial charge in [0.25, 0.3) is 11.4 Å². The summed E-state index contributed by atoms with van der Waals surface area (Å²) in [7, 11) is 0. The zero-order chi connectivity index (χ0) is 25.2. The molecule has 178 valence electrons. The third-order valence-corrected chi connectivity index (χ3v) is 7.28. The number of fused-ring (bicyclic) bond motifs is 3. The van der Waals surface area contributed by atoms with Gasteiger partial charge in [0.2, 0.25) is 0 Å². The van der Waals surface area contributed by atoms with Crippen LogP contribution < -0.4 is 0 Å². The standard InChI is InChI=1S/C17H11N3O2S.C7H4IN3O2/c21-20(22)12-8-9-15-14(10-12)17(19-18-15)23-16-7-3-5-11-4-1-2-6-13(11)16;8-7-5-3-4(11(12)13)1-2-6(5)9-10-7/h1-10H,(H,18,19);1-3H,(H,9,10). The Kier molecular flexibility index (Phi) is 6.52. The van der Waals surface area contributed by atoms with Gasteiger partial charge in [-0.15, -0.1) is 0 Å². The van der Waals surface area contributed by atoms with Crippen LogP contribution in [0.3, 0.4) is 0 Å². The Hall–Kier alpha value is -4.04. The molecule has 6 aromatic rings. The molecule has 0 fully saturated rings. The van der Waals surface area contributed by atoms with Gasteiger partial charge in [-0.25, -0.2) is 0 Å². The molecule has 36 heavy (non-hydrogen) atoms. The Morgan fingerprint density at radius 3 is 2.22 bits per heavy atom. The number of nitro benzene ring substituents is 2. The van der Waals surface area contributed by atoms with Crippen molar-refractivity contribution in [1.29, 1.82) is 0 Å². The van der Waals surface area contributed by atoms with E-state index in [4.69, 9.17) is 0 Å². The lowest BCUT2D eigenvalue weighted by molar-refractivity contribution is -0.384. The van der Waals surface area contributed by atoms with Crippen LogP contribution in [0.25, 0.3) is 32.6 Å². The number of aromatic nitrogens is 4. The monoisotopic (exact) mass is 610 g/mol. The van der Waals surface area contributed by atoms with Crippen LogP contribution in [0.1, 0.15) is 0 Å². The highest BCUT2D eigenvalue weighted by molar-refractivity contribution is 14.1. The summed E-state index contributed by atoms with van der Waals surface area (Å²) < 4.78 is 0.816. The number of non-ortho nitro benzene ring substituents is 2. The molecule has 0 aliphatic rings. The minimum absolute atomic E-state index is 0.0682. The number of nitro groups is 2. The Morgan fingerprint density at radius 1 is 0.750 bits per heavy atom. The number of hydrogen-bond donors (Lipinski definition) is 2. The van der Waals surface area contributed by atoms with Gasteiger partial charge in [0, 0.05) is 39.9 Å². The van der Waals surface area contributed by atoms with E-state index in [-0.39, 0.29) is 11.4 Å². The average molecular weight is 610 g/mol. The molecule has 0 aliphatic heterocycles. The molecule has 0 amide bonds. The minimum atomic E-state index is -0.414. The van der Waals surface area contributed by atoms with E-state index in [1.807, 2.05) is 24.3 Å². The first-order valence-electron chi connectivity index (χ1n) is 10.5. The molecule has 10 nitrogen and oxygen atoms in total. The summed E-state index contributed by atoms with van der Waals surface area (Å²) in [5.41, 5.74) is 1.69. The van der Waals surface area contributed by atoms with Gasteiger partial charge in [-0.2, -0.15) is 10.2 Å². The number of nitrogens with zero attached hydrogens (tertiary/aromatic N) is 4. The van der Waals surface area contributed by atoms with E-state index >= 15 is 0 Å². The van der Waals surface area contributed by atoms with Crippen LogP contribution in [0.15, 0.2) is 88.8 Å². The molecule has 0 spiro atoms. The number of hydrogen-bond acceptors (Lipinski definition) is 7. The fourth-order valence-corrected chi connectivity index (χ4v) is 5.21. The Balaban J connectivity index is 0.000000174. The van der Waals surface area contributed by atoms with E-state index in [0.717, 1.165) is 46.2 Å². The molecule has 4 aromatic carbocycles. The molecule has 6 rings (SSSR count). The maximum Gasteiger partial charge on any atom is 0.270 e. The number of H-pyrrole nitrogens is 2. The maximum absolute atomic E-state index is 11.0. The molecule has 2 heterocycles. The summed E-state index contributed by atoms with van der Waals surface area (Å²) in [6.07, 6.45) is 0. The maximum atomic E-state index is 11.0. The van der Waals surface area contributed by atoms with E-state index in [1.165, 1.54) is 30.0 Å². The molecule has 0 radical (unpaired) electrons. The largest absolute Gasteiger partial charge is 0.277 e. The Morgan fingerprint density at radius 2 is 1.44 bits per heavy atom. The smallest absolute Gasteiger partial charge is 0.270 e. The van der Waals surface area contributed by atoms with Crippen molar-refractivity contribution >= 4 is 78.3 Å². The highest BCUT2D eigenvalue weighted by atomic mass is 127. The molecule has 0 unspecified atom stereocenters. The van der Waals surface area contributed by atoms with Gasteiger partial charge in [0.1, 0.15) is 8.73 Å². The highest BCUT2D eigenvalue weighted by Crippen LogP contribution is 2.36. The van der Waals surface area contributed by atoms with Crippen molar-refractivity contribution in [1.82, 2.24) is 20.4 Å². The summed E-state index contributed by atoms with van der Waals surface area (Å²) in [5, 5.41) is 40.0. The molecule has 0 saturated carbocycles. The highest BCUT2D eigenvalue weighted by Gasteiger charge is 2.14. The summed E-state index contributed by atoms with van der Waals surface area (Å²) >= 11 is 3.56. The zero-order valence-corrected chi connectivity index (χ0v) is 21.2. The number of benzene rings is 4. The van der Waals surface area contributed by atoms with Crippen LogP contribution in [0, 0.1) is 23.9 Å². The third-order valence-electron chi connectivity index (χ3n) is 5.38. The predicted molar refractivity (Wildman–Crippen MR) is 146 cm³/mol. The SMILES string of the molecule is O=[N+]([O-])c1ccc2[nH]nc(Sc3cccc4ccccc34)c2c1.O=[N+]([O-])c1ccc2n[nH]c(I)c2c1. The average Bonchev–Trinajstić information content (AvgIpc) is 3.47. The van der Waals surface area contributed by atoms with Gasteiger partial charge in [-0.3, -0.25) is 30.4 Å². The van der Waals surface area contributed by atoms with Gasteiger partial charge >= 0.3 is 0 Å². The lowest BCUT2D eigenvalue weighted by atomic mass is 10.1. The van der Waals surface area contributed by atoms with Crippen molar-refractivity contribution in [3.8, 4) is 0 Å². The van der Waals surface area contributed by atoms with E-state index in [1.54, 1.807) is 18.2 Å². The van der Waals surface area contributed by atoms with Gasteiger partial charge in [-0.05, 0) is 51.6 Å². The fourth-order valence-electron chi connectivity index (χ4n) is 3.64. The number of aromatic amines is 2. The second kappa shape index (κ2) is 9.91. The van der Waals surface area contributed by atoms with E-state index in [9.17, 15) is 20.2 Å². The molecule has 12 heteroatoms. The molecule has 2 N–H and O–H groups in total. The molecule has 0 aliphatic carbocycles. The van der Waals surface area contributed by atoms with Crippen molar-refractivity contribution in [2.75, 3.05) is 0 Å². The number of rotatable bonds is 4. The predicted octanol–water partition coefficient (Wildman–Crippen LogP) is 6.85. The molecule has 0 bridgehead atoms. The van der Waals surface area contributed by atoms with E-state index in [0.29, 0.717) is 0 Å². The number of nitrogens with one attached hydrogen (secondary N) is 2. The van der Waals surface area contributed by atoms with Gasteiger partial charge in [0.15, 0.2) is 0 Å². The van der Waals surface area contributed by atoms with Crippen molar-refractivity contribution in [3.05, 3.63) is 103 Å². The first-order valence-corrected chi connectivity index (χ1v) is 12.4. The van der Waals surface area contributed by atoms with Crippen LogP contribution in [-0.4, -0.2) is 30.2 Å². The van der Waals surface area contributed by atoms with Gasteiger partial charge in [0.05, 0.1) is 20.9 Å². The topological polar surface area (TPSA) is 144 Å². The van der Waals surface area contributed by atoms with Crippen molar-refractivity contribution in [3.63, 3.8) is 0 Å². The Bertz CT molecular complexity index is 1760. The normalized spacial score (nSPS) is 10.9. The summed E-state index contributed by atoms with van der Waals surface area (Å²) in [6.45, 7) is 0. The molecular formula is C24H15IN6O4S. The first-order chi connectivity index (χ1) is 17.4. The fraction of sp³-hybridized carbons (Fsp3) is 0. The summed E-state index contributed by atoms with van der Waals surface area (Å²) in [4.78, 5) is 21.7. The molecule has 2 aromatic heterocycles. The van der Waals surface area contributed by atoms with Gasteiger partial charge < -0.3 is 0 Å². The summed E-state index contributed by atoms with van der Waals surface area (Å²) in [6, 6.07) is 23.5.